The number of pyridine rings is 1. The summed E-state index contributed by atoms with van der Waals surface area (Å²) in [6.07, 6.45) is 1.88. The number of rotatable bonds is 4. The lowest BCUT2D eigenvalue weighted by molar-refractivity contribution is 1.08. The van der Waals surface area contributed by atoms with Crippen molar-refractivity contribution in [3.05, 3.63) is 194 Å². The van der Waals surface area contributed by atoms with Crippen LogP contribution in [0.3, 0.4) is 0 Å². The lowest BCUT2D eigenvalue weighted by Gasteiger charge is -2.09. The zero-order valence-electron chi connectivity index (χ0n) is 29.8. The van der Waals surface area contributed by atoms with Crippen molar-refractivity contribution in [3.8, 4) is 28.3 Å². The minimum Gasteiger partial charge on any atom is -0.309 e. The fraction of sp³-hybridized carbons (Fsp3) is 0. The van der Waals surface area contributed by atoms with Gasteiger partial charge in [0.15, 0.2) is 0 Å². The Balaban J connectivity index is 1.15. The van der Waals surface area contributed by atoms with Crippen molar-refractivity contribution in [1.82, 2.24) is 18.7 Å². The van der Waals surface area contributed by atoms with Crippen molar-refractivity contribution in [2.75, 3.05) is 0 Å². The van der Waals surface area contributed by atoms with Crippen molar-refractivity contribution in [3.63, 3.8) is 0 Å². The maximum atomic E-state index is 4.88. The molecule has 0 bridgehead atoms. The maximum absolute atomic E-state index is 4.88. The molecule has 0 saturated carbocycles. The molecule has 0 saturated heterocycles. The highest BCUT2D eigenvalue weighted by molar-refractivity contribution is 6.21. The molecule has 12 aromatic rings. The molecule has 0 unspecified atom stereocenters. The van der Waals surface area contributed by atoms with Gasteiger partial charge in [0.2, 0.25) is 0 Å². The molecule has 256 valence electrons. The molecule has 0 spiro atoms. The molecule has 0 atom stereocenters. The highest BCUT2D eigenvalue weighted by atomic mass is 15.1. The average molecular weight is 701 g/mol. The van der Waals surface area contributed by atoms with Gasteiger partial charge in [-0.2, -0.15) is 0 Å². The van der Waals surface area contributed by atoms with Gasteiger partial charge >= 0.3 is 0 Å². The van der Waals surface area contributed by atoms with E-state index in [9.17, 15) is 0 Å². The Labute approximate surface area is 316 Å². The molecule has 0 aliphatic carbocycles. The number of fused-ring (bicyclic) bond motifs is 10. The normalized spacial score (nSPS) is 12.0. The minimum atomic E-state index is 0.905. The molecular formula is C51H32N4. The smallest absolute Gasteiger partial charge is 0.137 e. The van der Waals surface area contributed by atoms with Gasteiger partial charge in [-0.3, -0.25) is 4.57 Å². The summed E-state index contributed by atoms with van der Waals surface area (Å²) in [7, 11) is 0. The minimum absolute atomic E-state index is 0.905. The quantitative estimate of drug-likeness (QED) is 0.180. The summed E-state index contributed by atoms with van der Waals surface area (Å²) in [5.74, 6) is 0.905. The van der Waals surface area contributed by atoms with Crippen molar-refractivity contribution in [2.45, 2.75) is 0 Å². The zero-order chi connectivity index (χ0) is 36.0. The maximum Gasteiger partial charge on any atom is 0.137 e. The Hall–Kier alpha value is -7.43. The first kappa shape index (κ1) is 30.1. The van der Waals surface area contributed by atoms with E-state index < -0.39 is 0 Å². The first-order valence-electron chi connectivity index (χ1n) is 18.8. The molecule has 0 aliphatic heterocycles. The molecule has 8 aromatic carbocycles. The van der Waals surface area contributed by atoms with E-state index in [1.54, 1.807) is 0 Å². The first-order chi connectivity index (χ1) is 27.3. The molecule has 55 heavy (non-hydrogen) atoms. The third-order valence-corrected chi connectivity index (χ3v) is 11.4. The topological polar surface area (TPSA) is 27.7 Å². The largest absolute Gasteiger partial charge is 0.309 e. The van der Waals surface area contributed by atoms with Gasteiger partial charge in [0.05, 0.1) is 33.1 Å². The second kappa shape index (κ2) is 11.5. The monoisotopic (exact) mass is 700 g/mol. The molecule has 0 radical (unpaired) electrons. The summed E-state index contributed by atoms with van der Waals surface area (Å²) in [5, 5.41) is 9.81. The van der Waals surface area contributed by atoms with E-state index in [0.717, 1.165) is 28.2 Å². The Morgan fingerprint density at radius 3 is 1.44 bits per heavy atom. The van der Waals surface area contributed by atoms with Crippen LogP contribution < -0.4 is 0 Å². The molecule has 4 aromatic heterocycles. The first-order valence-corrected chi connectivity index (χ1v) is 18.8. The van der Waals surface area contributed by atoms with Gasteiger partial charge in [-0.25, -0.2) is 4.98 Å². The Morgan fingerprint density at radius 2 is 0.764 bits per heavy atom. The lowest BCUT2D eigenvalue weighted by Crippen LogP contribution is -1.96. The highest BCUT2D eigenvalue weighted by Crippen LogP contribution is 2.42. The van der Waals surface area contributed by atoms with Crippen LogP contribution >= 0.6 is 0 Å². The van der Waals surface area contributed by atoms with Crippen LogP contribution in [0.15, 0.2) is 194 Å². The van der Waals surface area contributed by atoms with Crippen LogP contribution in [-0.4, -0.2) is 18.7 Å². The van der Waals surface area contributed by atoms with Gasteiger partial charge in [0, 0.05) is 49.9 Å². The molecule has 4 nitrogen and oxygen atoms in total. The van der Waals surface area contributed by atoms with E-state index in [2.05, 4.69) is 196 Å². The second-order valence-electron chi connectivity index (χ2n) is 14.4. The van der Waals surface area contributed by atoms with Gasteiger partial charge in [-0.1, -0.05) is 97.1 Å². The Kier molecular flexibility index (Phi) is 6.31. The Bertz CT molecular complexity index is 3460. The predicted molar refractivity (Wildman–Crippen MR) is 230 cm³/mol. The molecule has 0 N–H and O–H groups in total. The molecule has 0 aliphatic rings. The van der Waals surface area contributed by atoms with E-state index in [1.165, 1.54) is 76.3 Å². The van der Waals surface area contributed by atoms with Crippen molar-refractivity contribution < 1.29 is 0 Å². The SMILES string of the molecule is c1ccc(-n2c3ccccc3c3cc(-c4ccc5c(c4)c4cc6c(cc4n5-c4ccccn4)c4cc5ccccc5cc4n6-c4ccccc4)ccc32)cc1. The summed E-state index contributed by atoms with van der Waals surface area (Å²) in [4.78, 5) is 4.88. The number of para-hydroxylation sites is 3. The van der Waals surface area contributed by atoms with Crippen LogP contribution in [0.5, 0.6) is 0 Å². The number of aromatic nitrogens is 4. The van der Waals surface area contributed by atoms with Crippen LogP contribution in [0, 0.1) is 0 Å². The standard InChI is InChI=1S/C51H32N4/c1-3-15-37(16-4-1)53-45-20-10-9-19-39(45)40-28-35(22-24-46(40)53)36-23-25-47-41(29-36)43-31-49-44(32-50(43)55(47)51-21-11-12-26-52-51)42-27-33-13-7-8-14-34(33)30-48(42)54(49)38-17-5-2-6-18-38/h1-32H. The van der Waals surface area contributed by atoms with Crippen molar-refractivity contribution >= 4 is 76.2 Å². The van der Waals surface area contributed by atoms with Crippen molar-refractivity contribution in [2.24, 2.45) is 0 Å². The fourth-order valence-electron chi connectivity index (χ4n) is 8.99. The molecular weight excluding hydrogens is 669 g/mol. The summed E-state index contributed by atoms with van der Waals surface area (Å²) in [6.45, 7) is 0. The fourth-order valence-corrected chi connectivity index (χ4v) is 8.99. The summed E-state index contributed by atoms with van der Waals surface area (Å²) in [6, 6.07) is 68.3. The van der Waals surface area contributed by atoms with Crippen molar-refractivity contribution in [1.29, 1.82) is 0 Å². The Morgan fingerprint density at radius 1 is 0.291 bits per heavy atom. The van der Waals surface area contributed by atoms with Gasteiger partial charge in [-0.15, -0.1) is 0 Å². The van der Waals surface area contributed by atoms with Crippen LogP contribution in [0.25, 0.3) is 105 Å². The van der Waals surface area contributed by atoms with E-state index in [0.29, 0.717) is 0 Å². The van der Waals surface area contributed by atoms with Gasteiger partial charge < -0.3 is 9.13 Å². The number of nitrogens with zero attached hydrogens (tertiary/aromatic N) is 4. The summed E-state index contributed by atoms with van der Waals surface area (Å²) < 4.78 is 7.14. The van der Waals surface area contributed by atoms with E-state index in [4.69, 9.17) is 4.98 Å². The number of hydrogen-bond donors (Lipinski definition) is 0. The van der Waals surface area contributed by atoms with E-state index >= 15 is 0 Å². The van der Waals surface area contributed by atoms with Gasteiger partial charge in [-0.05, 0) is 113 Å². The molecule has 0 fully saturated rings. The summed E-state index contributed by atoms with van der Waals surface area (Å²) in [5.41, 5.74) is 11.7. The third kappa shape index (κ3) is 4.43. The highest BCUT2D eigenvalue weighted by Gasteiger charge is 2.20. The number of benzene rings is 8. The average Bonchev–Trinajstić information content (AvgIpc) is 3.87. The van der Waals surface area contributed by atoms with Crippen LogP contribution in [-0.2, 0) is 0 Å². The summed E-state index contributed by atoms with van der Waals surface area (Å²) >= 11 is 0. The molecule has 4 heteroatoms. The molecule has 4 heterocycles. The lowest BCUT2D eigenvalue weighted by atomic mass is 10.00. The van der Waals surface area contributed by atoms with E-state index in [1.807, 2.05) is 12.3 Å². The van der Waals surface area contributed by atoms with E-state index in [-0.39, 0.29) is 0 Å². The van der Waals surface area contributed by atoms with Crippen LogP contribution in [0.4, 0.5) is 0 Å². The van der Waals surface area contributed by atoms with Crippen LogP contribution in [0.1, 0.15) is 0 Å². The number of hydrogen-bond acceptors (Lipinski definition) is 1. The molecule has 12 rings (SSSR count). The predicted octanol–water partition coefficient (Wildman–Crippen LogP) is 13.2. The zero-order valence-corrected chi connectivity index (χ0v) is 29.8. The van der Waals surface area contributed by atoms with Gasteiger partial charge in [0.1, 0.15) is 5.82 Å². The molecule has 0 amide bonds. The second-order valence-corrected chi connectivity index (χ2v) is 14.4. The van der Waals surface area contributed by atoms with Crippen LogP contribution in [0.2, 0.25) is 0 Å². The third-order valence-electron chi connectivity index (χ3n) is 11.4. The van der Waals surface area contributed by atoms with Gasteiger partial charge in [0.25, 0.3) is 0 Å².